The Morgan fingerprint density at radius 2 is 1.97 bits per heavy atom. The quantitative estimate of drug-likeness (QED) is 0.627. The third kappa shape index (κ3) is 5.29. The summed E-state index contributed by atoms with van der Waals surface area (Å²) in [6, 6.07) is -0.725. The number of hydrogen-bond donors (Lipinski definition) is 2. The number of nitrogens with one attached hydrogen (secondary N) is 2. The number of hydroxylamine groups is 2. The number of thiophene rings is 1. The van der Waals surface area contributed by atoms with E-state index in [0.29, 0.717) is 6.07 Å². The van der Waals surface area contributed by atoms with Gasteiger partial charge in [0.25, 0.3) is 16.4 Å². The number of hydrogen-bond acceptors (Lipinski definition) is 9. The molecule has 1 aliphatic heterocycles. The van der Waals surface area contributed by atoms with Gasteiger partial charge in [-0.3, -0.25) is 10.2 Å². The van der Waals surface area contributed by atoms with Crippen molar-refractivity contribution in [2.24, 2.45) is 9.98 Å². The Labute approximate surface area is 169 Å². The molecular formula is C13H12F5N5O5S2. The van der Waals surface area contributed by atoms with Crippen molar-refractivity contribution in [3.8, 4) is 0 Å². The zero-order valence-electron chi connectivity index (χ0n) is 14.9. The number of nitrogens with zero attached hydrogens (tertiary/aromatic N) is 3. The molecule has 30 heavy (non-hydrogen) atoms. The van der Waals surface area contributed by atoms with Crippen LogP contribution in [0.5, 0.6) is 0 Å². The minimum atomic E-state index is -5.66. The Morgan fingerprint density at radius 1 is 1.30 bits per heavy atom. The minimum Gasteiger partial charge on any atom is -0.341 e. The van der Waals surface area contributed by atoms with Crippen molar-refractivity contribution in [1.29, 1.82) is 0 Å². The van der Waals surface area contributed by atoms with Crippen molar-refractivity contribution < 1.29 is 44.7 Å². The fraction of sp³-hybridized carbons (Fsp3) is 0.308. The van der Waals surface area contributed by atoms with Crippen LogP contribution in [0.4, 0.5) is 26.7 Å². The Bertz CT molecular complexity index is 1000. The second kappa shape index (κ2) is 9.02. The Kier molecular flexibility index (Phi) is 7.11. The van der Waals surface area contributed by atoms with Crippen LogP contribution >= 0.6 is 11.3 Å². The van der Waals surface area contributed by atoms with Crippen LogP contribution < -0.4 is 10.0 Å². The zero-order valence-corrected chi connectivity index (χ0v) is 16.5. The van der Waals surface area contributed by atoms with E-state index in [-0.39, 0.29) is 11.3 Å². The van der Waals surface area contributed by atoms with E-state index in [9.17, 15) is 35.2 Å². The molecule has 0 saturated carbocycles. The smallest absolute Gasteiger partial charge is 0.341 e. The molecule has 0 fully saturated rings. The van der Waals surface area contributed by atoms with Gasteiger partial charge in [-0.25, -0.2) is 27.3 Å². The summed E-state index contributed by atoms with van der Waals surface area (Å²) in [5.74, 6) is -5.94. The molecule has 0 saturated heterocycles. The number of guanidine groups is 1. The van der Waals surface area contributed by atoms with Gasteiger partial charge in [0, 0.05) is 7.11 Å². The van der Waals surface area contributed by atoms with Crippen LogP contribution in [0.25, 0.3) is 5.83 Å². The number of urea groups is 1. The number of ether oxygens (including phenoxy) is 1. The van der Waals surface area contributed by atoms with Crippen LogP contribution in [-0.2, 0) is 19.6 Å². The summed E-state index contributed by atoms with van der Waals surface area (Å²) in [6.45, 7) is 0. The van der Waals surface area contributed by atoms with Gasteiger partial charge >= 0.3 is 12.2 Å². The molecule has 1 aromatic rings. The number of sulfonamides is 1. The maximum absolute atomic E-state index is 13.8. The molecule has 10 nitrogen and oxygen atoms in total. The number of alkyl halides is 3. The summed E-state index contributed by atoms with van der Waals surface area (Å²) in [5.41, 5.74) is 0. The van der Waals surface area contributed by atoms with Gasteiger partial charge in [0.1, 0.15) is 11.2 Å². The average molecular weight is 477 g/mol. The molecule has 0 aliphatic carbocycles. The van der Waals surface area contributed by atoms with Crippen LogP contribution in [0.3, 0.4) is 0 Å². The Morgan fingerprint density at radius 3 is 2.53 bits per heavy atom. The highest BCUT2D eigenvalue weighted by atomic mass is 32.2. The molecule has 2 N–H and O–H groups in total. The normalized spacial score (nSPS) is 18.0. The number of aliphatic imine (C=N–C) groups is 2. The van der Waals surface area contributed by atoms with Crippen molar-refractivity contribution in [3.05, 3.63) is 22.2 Å². The number of methoxy groups -OCH3 is 1. The fourth-order valence-electron chi connectivity index (χ4n) is 1.92. The molecule has 0 bridgehead atoms. The molecule has 2 heterocycles. The van der Waals surface area contributed by atoms with Gasteiger partial charge in [0.15, 0.2) is 5.83 Å². The summed E-state index contributed by atoms with van der Waals surface area (Å²) < 4.78 is 95.0. The van der Waals surface area contributed by atoms with Crippen molar-refractivity contribution in [2.75, 3.05) is 14.2 Å². The monoisotopic (exact) mass is 477 g/mol. The lowest BCUT2D eigenvalue weighted by Crippen LogP contribution is -2.45. The average Bonchev–Trinajstić information content (AvgIpc) is 3.16. The maximum Gasteiger partial charge on any atom is 0.445 e. The lowest BCUT2D eigenvalue weighted by atomic mass is 10.3. The SMILES string of the molecule is COC1N=C(NC(=O)NS(=O)(=O)c2ccsc2C(F)=C(F)C(F)(F)F)N=CN1OC. The summed E-state index contributed by atoms with van der Waals surface area (Å²) >= 11 is 0.191. The number of halogens is 5. The molecule has 1 aliphatic rings. The Balaban J connectivity index is 2.21. The van der Waals surface area contributed by atoms with Crippen molar-refractivity contribution in [2.45, 2.75) is 17.4 Å². The molecule has 1 atom stereocenters. The van der Waals surface area contributed by atoms with Gasteiger partial charge < -0.3 is 4.74 Å². The molecule has 1 aromatic heterocycles. The van der Waals surface area contributed by atoms with Gasteiger partial charge in [0.05, 0.1) is 12.0 Å². The first kappa shape index (κ1) is 23.6. The lowest BCUT2D eigenvalue weighted by molar-refractivity contribution is -0.171. The van der Waals surface area contributed by atoms with E-state index in [1.807, 2.05) is 5.32 Å². The molecule has 166 valence electrons. The van der Waals surface area contributed by atoms with Gasteiger partial charge in [-0.2, -0.15) is 27.6 Å². The standard InChI is InChI=1S/C13H12F5N5O5S2/c1-27-12-21-10(19-5-23(12)28-2)20-11(24)22-30(25,26)6-3-4-29-8(6)7(14)9(15)13(16,17)18/h3-5,12H,1-2H3,(H2,20,21,22,24). The summed E-state index contributed by atoms with van der Waals surface area (Å²) in [6.07, 6.45) is -5.67. The van der Waals surface area contributed by atoms with E-state index in [0.717, 1.165) is 16.8 Å². The molecule has 0 aromatic carbocycles. The van der Waals surface area contributed by atoms with Crippen LogP contribution in [0.15, 0.2) is 32.2 Å². The number of carbonyl (C=O) groups is 1. The van der Waals surface area contributed by atoms with E-state index in [4.69, 9.17) is 9.57 Å². The van der Waals surface area contributed by atoms with E-state index in [1.165, 1.54) is 18.9 Å². The van der Waals surface area contributed by atoms with Gasteiger partial charge in [-0.05, 0) is 11.4 Å². The minimum absolute atomic E-state index is 0.191. The van der Waals surface area contributed by atoms with Gasteiger partial charge in [-0.15, -0.1) is 11.3 Å². The zero-order chi connectivity index (χ0) is 22.7. The van der Waals surface area contributed by atoms with E-state index < -0.39 is 56.0 Å². The van der Waals surface area contributed by atoms with Crippen LogP contribution in [-0.4, -0.2) is 58.6 Å². The van der Waals surface area contributed by atoms with Crippen molar-refractivity contribution in [1.82, 2.24) is 15.1 Å². The fourth-order valence-corrected chi connectivity index (χ4v) is 4.18. The predicted octanol–water partition coefficient (Wildman–Crippen LogP) is 2.10. The lowest BCUT2D eigenvalue weighted by Gasteiger charge is -2.25. The molecule has 2 rings (SSSR count). The molecule has 0 spiro atoms. The van der Waals surface area contributed by atoms with E-state index in [1.54, 1.807) is 0 Å². The third-order valence-corrected chi connectivity index (χ3v) is 5.59. The highest BCUT2D eigenvalue weighted by molar-refractivity contribution is 7.90. The van der Waals surface area contributed by atoms with Crippen molar-refractivity contribution >= 4 is 45.5 Å². The topological polar surface area (TPSA) is 122 Å². The maximum atomic E-state index is 13.8. The second-order valence-electron chi connectivity index (χ2n) is 5.10. The predicted molar refractivity (Wildman–Crippen MR) is 93.9 cm³/mol. The van der Waals surface area contributed by atoms with Crippen LogP contribution in [0, 0.1) is 0 Å². The summed E-state index contributed by atoms with van der Waals surface area (Å²) in [4.78, 5) is 22.0. The third-order valence-electron chi connectivity index (χ3n) is 3.18. The molecule has 17 heteroatoms. The van der Waals surface area contributed by atoms with Gasteiger partial charge in [0.2, 0.25) is 11.8 Å². The van der Waals surface area contributed by atoms with E-state index >= 15 is 0 Å². The molecule has 2 amide bonds. The van der Waals surface area contributed by atoms with E-state index in [2.05, 4.69) is 9.98 Å². The Hall–Kier alpha value is -2.63. The number of allylic oxidation sites excluding steroid dienone is 1. The summed E-state index contributed by atoms with van der Waals surface area (Å²) in [7, 11) is -2.36. The number of amides is 2. The summed E-state index contributed by atoms with van der Waals surface area (Å²) in [5, 5.41) is 3.90. The van der Waals surface area contributed by atoms with Gasteiger partial charge in [-0.1, -0.05) is 0 Å². The number of carbonyl (C=O) groups excluding carboxylic acids is 1. The molecule has 0 radical (unpaired) electrons. The first-order valence-electron chi connectivity index (χ1n) is 7.42. The molecular weight excluding hydrogens is 465 g/mol. The second-order valence-corrected chi connectivity index (χ2v) is 7.67. The highest BCUT2D eigenvalue weighted by Crippen LogP contribution is 2.38. The first-order chi connectivity index (χ1) is 13.9. The highest BCUT2D eigenvalue weighted by Gasteiger charge is 2.40. The van der Waals surface area contributed by atoms with Crippen molar-refractivity contribution in [3.63, 3.8) is 0 Å². The first-order valence-corrected chi connectivity index (χ1v) is 9.78. The molecule has 1 unspecified atom stereocenters. The van der Waals surface area contributed by atoms with Crippen LogP contribution in [0.1, 0.15) is 4.88 Å². The largest absolute Gasteiger partial charge is 0.445 e. The number of rotatable bonds is 5. The van der Waals surface area contributed by atoms with Crippen LogP contribution in [0.2, 0.25) is 0 Å².